The summed E-state index contributed by atoms with van der Waals surface area (Å²) < 4.78 is 66.3. The predicted octanol–water partition coefficient (Wildman–Crippen LogP) is 5.92. The number of nitrogens with zero attached hydrogens (tertiary/aromatic N) is 2. The third-order valence-corrected chi connectivity index (χ3v) is 5.28. The van der Waals surface area contributed by atoms with E-state index in [1.165, 1.54) is 24.7 Å². The number of ether oxygens (including phenoxy) is 3. The topological polar surface area (TPSA) is 70.5 Å². The van der Waals surface area contributed by atoms with E-state index in [1.807, 2.05) is 0 Å². The summed E-state index contributed by atoms with van der Waals surface area (Å²) in [5, 5.41) is 0. The maximum Gasteiger partial charge on any atom is 0.387 e. The van der Waals surface area contributed by atoms with Crippen molar-refractivity contribution in [3.8, 4) is 11.5 Å². The zero-order valence-corrected chi connectivity index (χ0v) is 19.3. The first-order valence-electron chi connectivity index (χ1n) is 10.0. The van der Waals surface area contributed by atoms with Crippen LogP contribution in [0, 0.1) is 0 Å². The Bertz CT molecular complexity index is 1090. The van der Waals surface area contributed by atoms with Gasteiger partial charge in [-0.1, -0.05) is 12.1 Å². The van der Waals surface area contributed by atoms with Crippen LogP contribution in [0.4, 0.5) is 17.6 Å². The van der Waals surface area contributed by atoms with Crippen LogP contribution in [0.15, 0.2) is 65.7 Å². The Hall–Kier alpha value is -3.21. The number of carbonyl (C=O) groups is 1. The highest BCUT2D eigenvalue weighted by Crippen LogP contribution is 2.42. The summed E-state index contributed by atoms with van der Waals surface area (Å²) in [5.41, 5.74) is 1.41. The molecule has 0 fully saturated rings. The lowest BCUT2D eigenvalue weighted by atomic mass is 9.77. The average Bonchev–Trinajstić information content (AvgIpc) is 2.79. The van der Waals surface area contributed by atoms with Gasteiger partial charge in [-0.2, -0.15) is 17.6 Å². The molecular weight excluding hydrogens is 524 g/mol. The van der Waals surface area contributed by atoms with Crippen molar-refractivity contribution in [2.45, 2.75) is 32.0 Å². The molecule has 0 saturated carbocycles. The monoisotopic (exact) mass is 542 g/mol. The fourth-order valence-electron chi connectivity index (χ4n) is 3.52. The largest absolute Gasteiger partial charge is 0.465 e. The number of alkyl halides is 4. The van der Waals surface area contributed by atoms with Gasteiger partial charge in [0.1, 0.15) is 4.60 Å². The molecule has 0 bridgehead atoms. The van der Waals surface area contributed by atoms with Gasteiger partial charge in [-0.15, -0.1) is 0 Å². The second-order valence-corrected chi connectivity index (χ2v) is 7.68. The van der Waals surface area contributed by atoms with E-state index < -0.39 is 42.5 Å². The molecule has 11 heteroatoms. The number of esters is 1. The van der Waals surface area contributed by atoms with Crippen molar-refractivity contribution in [1.29, 1.82) is 0 Å². The fraction of sp³-hybridized carbons (Fsp3) is 0.261. The maximum atomic E-state index is 13.1. The van der Waals surface area contributed by atoms with Gasteiger partial charge in [0.25, 0.3) is 0 Å². The van der Waals surface area contributed by atoms with Crippen LogP contribution < -0.4 is 9.47 Å². The van der Waals surface area contributed by atoms with Gasteiger partial charge in [0.15, 0.2) is 11.5 Å². The van der Waals surface area contributed by atoms with Crippen molar-refractivity contribution >= 4 is 21.9 Å². The van der Waals surface area contributed by atoms with Crippen LogP contribution in [0.3, 0.4) is 0 Å². The lowest BCUT2D eigenvalue weighted by Gasteiger charge is -2.27. The Labute approximate surface area is 201 Å². The number of hydrogen-bond acceptors (Lipinski definition) is 6. The minimum atomic E-state index is -3.29. The zero-order chi connectivity index (χ0) is 24.7. The number of hydrogen-bond donors (Lipinski definition) is 0. The van der Waals surface area contributed by atoms with Gasteiger partial charge in [-0.25, -0.2) is 4.98 Å². The fourth-order valence-corrected chi connectivity index (χ4v) is 3.75. The second kappa shape index (κ2) is 11.8. The molecule has 0 amide bonds. The van der Waals surface area contributed by atoms with Crippen molar-refractivity contribution in [3.63, 3.8) is 0 Å². The summed E-state index contributed by atoms with van der Waals surface area (Å²) in [7, 11) is 0. The Balaban J connectivity index is 2.21. The molecule has 0 spiro atoms. The number of halogens is 5. The zero-order valence-electron chi connectivity index (χ0n) is 17.7. The van der Waals surface area contributed by atoms with Crippen LogP contribution in [-0.4, -0.2) is 35.8 Å². The van der Waals surface area contributed by atoms with Crippen LogP contribution in [0.2, 0.25) is 0 Å². The molecule has 0 aliphatic rings. The molecule has 6 nitrogen and oxygen atoms in total. The molecule has 34 heavy (non-hydrogen) atoms. The molecule has 0 N–H and O–H groups in total. The Kier molecular flexibility index (Phi) is 8.80. The lowest BCUT2D eigenvalue weighted by Crippen LogP contribution is -2.24. The summed E-state index contributed by atoms with van der Waals surface area (Å²) in [6, 6.07) is 10.2. The molecule has 2 aromatic heterocycles. The van der Waals surface area contributed by atoms with Crippen LogP contribution in [0.1, 0.15) is 35.4 Å². The molecule has 2 heterocycles. The SMILES string of the molecule is CCOC(=O)C(c1ccncc1)C(c1ccc(Br)nc1)c1ccc(OC(F)F)c(OC(F)F)c1. The highest BCUT2D eigenvalue weighted by molar-refractivity contribution is 9.10. The van der Waals surface area contributed by atoms with Crippen LogP contribution in [0.25, 0.3) is 0 Å². The van der Waals surface area contributed by atoms with Crippen molar-refractivity contribution < 1.29 is 36.6 Å². The first-order valence-corrected chi connectivity index (χ1v) is 10.8. The highest BCUT2D eigenvalue weighted by atomic mass is 79.9. The first-order chi connectivity index (χ1) is 16.3. The van der Waals surface area contributed by atoms with Gasteiger partial charge in [-0.3, -0.25) is 9.78 Å². The average molecular weight is 543 g/mol. The summed E-state index contributed by atoms with van der Waals surface area (Å²) in [4.78, 5) is 21.3. The van der Waals surface area contributed by atoms with E-state index in [-0.39, 0.29) is 6.61 Å². The lowest BCUT2D eigenvalue weighted by molar-refractivity contribution is -0.145. The van der Waals surface area contributed by atoms with Gasteiger partial charge in [0, 0.05) is 24.5 Å². The van der Waals surface area contributed by atoms with E-state index in [4.69, 9.17) is 4.74 Å². The van der Waals surface area contributed by atoms with Crippen molar-refractivity contribution in [2.75, 3.05) is 6.61 Å². The molecule has 1 aromatic carbocycles. The van der Waals surface area contributed by atoms with Gasteiger partial charge < -0.3 is 14.2 Å². The number of benzene rings is 1. The van der Waals surface area contributed by atoms with E-state index in [9.17, 15) is 22.4 Å². The number of carbonyl (C=O) groups excluding carboxylic acids is 1. The molecule has 0 radical (unpaired) electrons. The van der Waals surface area contributed by atoms with E-state index in [2.05, 4.69) is 35.4 Å². The standard InChI is InChI=1S/C23H19BrF4N2O4/c1-2-32-21(31)20(13-7-9-29-10-8-13)19(15-4-6-18(24)30-12-15)14-3-5-16(33-22(25)26)17(11-14)34-23(27)28/h3-12,19-20,22-23H,2H2,1H3. The Morgan fingerprint density at radius 3 is 2.15 bits per heavy atom. The van der Waals surface area contributed by atoms with Gasteiger partial charge in [0.05, 0.1) is 12.5 Å². The molecule has 2 atom stereocenters. The highest BCUT2D eigenvalue weighted by Gasteiger charge is 2.35. The first kappa shape index (κ1) is 25.4. The summed E-state index contributed by atoms with van der Waals surface area (Å²) in [6.45, 7) is -4.78. The smallest absolute Gasteiger partial charge is 0.387 e. The number of aromatic nitrogens is 2. The molecule has 0 aliphatic heterocycles. The van der Waals surface area contributed by atoms with E-state index in [0.29, 0.717) is 21.3 Å². The van der Waals surface area contributed by atoms with Crippen LogP contribution in [-0.2, 0) is 9.53 Å². The summed E-state index contributed by atoms with van der Waals surface area (Å²) in [5.74, 6) is -3.48. The third-order valence-electron chi connectivity index (χ3n) is 4.81. The van der Waals surface area contributed by atoms with Crippen LogP contribution in [0.5, 0.6) is 11.5 Å². The normalized spacial score (nSPS) is 12.9. The second-order valence-electron chi connectivity index (χ2n) is 6.87. The molecule has 3 rings (SSSR count). The summed E-state index contributed by atoms with van der Waals surface area (Å²) >= 11 is 3.26. The molecule has 0 aliphatic carbocycles. The van der Waals surface area contributed by atoms with Gasteiger partial charge >= 0.3 is 19.2 Å². The minimum absolute atomic E-state index is 0.104. The van der Waals surface area contributed by atoms with Crippen molar-refractivity contribution in [3.05, 3.63) is 82.3 Å². The maximum absolute atomic E-state index is 13.1. The minimum Gasteiger partial charge on any atom is -0.465 e. The molecule has 3 aromatic rings. The quantitative estimate of drug-likeness (QED) is 0.180. The van der Waals surface area contributed by atoms with E-state index in [1.54, 1.807) is 31.2 Å². The predicted molar refractivity (Wildman–Crippen MR) is 117 cm³/mol. The molecule has 2 unspecified atom stereocenters. The molecule has 0 saturated heterocycles. The van der Waals surface area contributed by atoms with Crippen molar-refractivity contribution in [1.82, 2.24) is 9.97 Å². The Morgan fingerprint density at radius 1 is 0.912 bits per heavy atom. The number of pyridine rings is 2. The Morgan fingerprint density at radius 2 is 1.56 bits per heavy atom. The molecular formula is C23H19BrF4N2O4. The summed E-state index contributed by atoms with van der Waals surface area (Å²) in [6.07, 6.45) is 4.52. The third kappa shape index (κ3) is 6.43. The van der Waals surface area contributed by atoms with E-state index >= 15 is 0 Å². The van der Waals surface area contributed by atoms with Gasteiger partial charge in [-0.05, 0) is 69.9 Å². The van der Waals surface area contributed by atoms with E-state index in [0.717, 1.165) is 12.1 Å². The van der Waals surface area contributed by atoms with Crippen LogP contribution >= 0.6 is 15.9 Å². The van der Waals surface area contributed by atoms with Crippen molar-refractivity contribution in [2.24, 2.45) is 0 Å². The van der Waals surface area contributed by atoms with Gasteiger partial charge in [0.2, 0.25) is 0 Å². The number of rotatable bonds is 10. The molecule has 180 valence electrons.